The molecule has 14 aromatic carbocycles. The van der Waals surface area contributed by atoms with E-state index >= 15 is 0 Å². The molecule has 4 atom stereocenters. The number of aryl methyl sites for hydroxylation is 4. The summed E-state index contributed by atoms with van der Waals surface area (Å²) in [6.07, 6.45) is 13.9. The van der Waals surface area contributed by atoms with Gasteiger partial charge in [-0.1, -0.05) is 248 Å². The third-order valence-electron chi connectivity index (χ3n) is 24.5. The van der Waals surface area contributed by atoms with Crippen LogP contribution in [-0.4, -0.2) is 13.2 Å². The van der Waals surface area contributed by atoms with Crippen molar-refractivity contribution in [2.75, 3.05) is 23.0 Å². The quantitative estimate of drug-likeness (QED) is 0.0465. The van der Waals surface area contributed by atoms with Gasteiger partial charge in [0.15, 0.2) is 0 Å². The monoisotopic (exact) mass is 1460 g/mol. The van der Waals surface area contributed by atoms with Crippen LogP contribution in [0, 0.1) is 11.8 Å². The number of nitrogens with zero attached hydrogens (tertiary/aromatic N) is 2. The van der Waals surface area contributed by atoms with Gasteiger partial charge >= 0.3 is 0 Å². The van der Waals surface area contributed by atoms with E-state index in [0.29, 0.717) is 25.0 Å². The molecule has 0 bridgehead atoms. The van der Waals surface area contributed by atoms with Gasteiger partial charge in [-0.3, -0.25) is 0 Å². The maximum atomic E-state index is 6.63. The lowest BCUT2D eigenvalue weighted by atomic mass is 9.67. The van der Waals surface area contributed by atoms with Crippen molar-refractivity contribution >= 4 is 34.1 Å². The lowest BCUT2D eigenvalue weighted by molar-refractivity contribution is 0.233. The molecule has 112 heavy (non-hydrogen) atoms. The molecule has 0 aliphatic heterocycles. The van der Waals surface area contributed by atoms with Gasteiger partial charge in [-0.25, -0.2) is 0 Å². The molecule has 0 saturated carbocycles. The van der Waals surface area contributed by atoms with E-state index in [2.05, 4.69) is 365 Å². The number of hydrogen-bond donors (Lipinski definition) is 0. The molecular weight excluding hydrogens is 1370 g/mol. The number of para-hydroxylation sites is 2. The molecule has 0 radical (unpaired) electrons. The lowest BCUT2D eigenvalue weighted by Crippen LogP contribution is -2.28. The third-order valence-corrected chi connectivity index (χ3v) is 24.5. The molecule has 0 spiro atoms. The molecular formula is C106H96N2O4. The van der Waals surface area contributed by atoms with Crippen molar-refractivity contribution in [1.82, 2.24) is 0 Å². The number of hydrogen-bond acceptors (Lipinski definition) is 6. The molecule has 0 aromatic heterocycles. The highest BCUT2D eigenvalue weighted by molar-refractivity contribution is 5.92. The summed E-state index contributed by atoms with van der Waals surface area (Å²) in [5, 5.41) is 0. The van der Waals surface area contributed by atoms with Crippen molar-refractivity contribution in [1.29, 1.82) is 0 Å². The summed E-state index contributed by atoms with van der Waals surface area (Å²) in [6.45, 7) is 10.5. The maximum absolute atomic E-state index is 6.63. The van der Waals surface area contributed by atoms with Gasteiger partial charge in [-0.05, 0) is 296 Å². The summed E-state index contributed by atoms with van der Waals surface area (Å²) in [5.74, 6) is 6.21. The van der Waals surface area contributed by atoms with E-state index < -0.39 is 10.8 Å². The van der Waals surface area contributed by atoms with Gasteiger partial charge in [-0.2, -0.15) is 0 Å². The van der Waals surface area contributed by atoms with Crippen LogP contribution in [-0.2, 0) is 36.5 Å². The molecule has 554 valence electrons. The molecule has 14 aromatic rings. The fraction of sp³-hybridized carbons (Fsp3) is 0.208. The van der Waals surface area contributed by atoms with Crippen LogP contribution in [0.4, 0.5) is 34.1 Å². The number of rotatable bonds is 29. The molecule has 6 heteroatoms. The van der Waals surface area contributed by atoms with E-state index in [0.717, 1.165) is 129 Å². The minimum atomic E-state index is -0.700. The highest BCUT2D eigenvalue weighted by Gasteiger charge is 2.48. The summed E-state index contributed by atoms with van der Waals surface area (Å²) in [4.78, 5) is 4.82. The fourth-order valence-electron chi connectivity index (χ4n) is 18.2. The molecule has 0 N–H and O–H groups in total. The van der Waals surface area contributed by atoms with Crippen molar-refractivity contribution in [3.63, 3.8) is 0 Å². The second-order valence-corrected chi connectivity index (χ2v) is 31.1. The largest absolute Gasteiger partial charge is 0.493 e. The Morgan fingerprint density at radius 3 is 0.946 bits per heavy atom. The normalized spacial score (nSPS) is 15.7. The van der Waals surface area contributed by atoms with Crippen molar-refractivity contribution < 1.29 is 18.9 Å². The smallest absolute Gasteiger partial charge is 0.127 e. The first-order valence-corrected chi connectivity index (χ1v) is 40.9. The molecule has 0 amide bonds. The minimum absolute atomic E-state index is 0.523. The van der Waals surface area contributed by atoms with Crippen LogP contribution in [0.25, 0.3) is 33.4 Å². The summed E-state index contributed by atoms with van der Waals surface area (Å²) in [6, 6.07) is 121. The van der Waals surface area contributed by atoms with Crippen LogP contribution in [0.5, 0.6) is 34.5 Å². The zero-order valence-electron chi connectivity index (χ0n) is 64.8. The van der Waals surface area contributed by atoms with Crippen molar-refractivity contribution in [2.45, 2.75) is 116 Å². The van der Waals surface area contributed by atoms with E-state index in [1.165, 1.54) is 116 Å². The van der Waals surface area contributed by atoms with E-state index in [4.69, 9.17) is 18.9 Å². The Morgan fingerprint density at radius 1 is 0.277 bits per heavy atom. The molecule has 0 fully saturated rings. The molecule has 0 saturated heterocycles. The maximum Gasteiger partial charge on any atom is 0.127 e. The van der Waals surface area contributed by atoms with E-state index in [9.17, 15) is 0 Å². The van der Waals surface area contributed by atoms with Crippen molar-refractivity contribution in [2.24, 2.45) is 11.8 Å². The Kier molecular flexibility index (Phi) is 20.0. The number of fused-ring (bicyclic) bond motifs is 8. The summed E-state index contributed by atoms with van der Waals surface area (Å²) < 4.78 is 26.5. The van der Waals surface area contributed by atoms with Gasteiger partial charge in [-0.15, -0.1) is 0 Å². The van der Waals surface area contributed by atoms with Crippen LogP contribution in [0.2, 0.25) is 0 Å². The highest BCUT2D eigenvalue weighted by atomic mass is 16.5. The zero-order valence-corrected chi connectivity index (χ0v) is 64.8. The van der Waals surface area contributed by atoms with Gasteiger partial charge in [0.2, 0.25) is 0 Å². The van der Waals surface area contributed by atoms with Crippen LogP contribution in [0.1, 0.15) is 146 Å². The molecule has 0 heterocycles. The van der Waals surface area contributed by atoms with Gasteiger partial charge in [0.05, 0.1) is 24.0 Å². The summed E-state index contributed by atoms with van der Waals surface area (Å²) >= 11 is 0. The number of benzene rings is 14. The first-order valence-electron chi connectivity index (χ1n) is 40.9. The lowest BCUT2D eigenvalue weighted by Gasteiger charge is -2.35. The number of anilines is 6. The second-order valence-electron chi connectivity index (χ2n) is 31.1. The zero-order chi connectivity index (χ0) is 75.5. The molecule has 6 nitrogen and oxygen atoms in total. The van der Waals surface area contributed by atoms with E-state index in [-0.39, 0.29) is 0 Å². The predicted octanol–water partition coefficient (Wildman–Crippen LogP) is 28.0. The molecule has 18 rings (SSSR count). The van der Waals surface area contributed by atoms with Gasteiger partial charge in [0, 0.05) is 34.1 Å². The van der Waals surface area contributed by atoms with E-state index in [1.807, 2.05) is 0 Å². The fourth-order valence-corrected chi connectivity index (χ4v) is 18.2. The predicted molar refractivity (Wildman–Crippen MR) is 461 cm³/mol. The standard InChI is InChI=1S/C106H96N2O4/c1-5-9-21-73(7-3)71-109-91-57-41-81(42-58-91)105(83-45-61-93(62-46-83)111-95-55-39-77-31-33-79(77)67-95)101-29-19-17-27-97(101)99-65-53-89(69-103(99)105)107(85-23-13-11-14-24-85)87-49-35-75(36-50-87)76-37-51-88(52-38-76)108(86-25-15-12-16-26-86)90-54-66-100-98-28-18-20-30-102(98)106(104(100)70-90,82-43-59-92(60-44-82)110-72-74(8-4)22-10-6-2)84-47-63-94(64-48-84)112-96-56-40-78-32-34-80(78)68-96/h11-20,23-30,35-70,73-74H,5-10,21-22,31-34,71-72H2,1-4H3. The van der Waals surface area contributed by atoms with Crippen LogP contribution < -0.4 is 28.7 Å². The minimum Gasteiger partial charge on any atom is -0.493 e. The summed E-state index contributed by atoms with van der Waals surface area (Å²) in [7, 11) is 0. The van der Waals surface area contributed by atoms with Crippen LogP contribution in [0.3, 0.4) is 0 Å². The van der Waals surface area contributed by atoms with Crippen LogP contribution in [0.15, 0.2) is 328 Å². The topological polar surface area (TPSA) is 43.4 Å². The Labute approximate surface area is 661 Å². The van der Waals surface area contributed by atoms with E-state index in [1.54, 1.807) is 0 Å². The average Bonchev–Trinajstić information content (AvgIpc) is 1.54. The SMILES string of the molecule is CCCCC(CC)COc1ccc(C2(c3ccc(Oc4ccc5c(c4)CC5)cc3)c3ccccc3-c3ccc(N(c4ccccc4)c4ccc(-c5ccc(N(c6ccccc6)c6ccc7c(c6)C(c6ccc(OCC(CC)CCCC)cc6)(c6ccc(Oc8ccc9c(c8)CC9)cc6)c6ccccc6-7)cc5)cc4)cc32)cc1. The highest BCUT2D eigenvalue weighted by Crippen LogP contribution is 2.60. The first kappa shape index (κ1) is 71.5. The Morgan fingerprint density at radius 2 is 0.598 bits per heavy atom. The Bertz CT molecular complexity index is 5290. The second kappa shape index (κ2) is 31.3. The molecule has 4 aliphatic carbocycles. The molecule has 4 aliphatic rings. The third kappa shape index (κ3) is 13.4. The Balaban J connectivity index is 0.691. The van der Waals surface area contributed by atoms with Gasteiger partial charge in [0.25, 0.3) is 0 Å². The number of unbranched alkanes of at least 4 members (excludes halogenated alkanes) is 2. The van der Waals surface area contributed by atoms with Gasteiger partial charge in [0.1, 0.15) is 34.5 Å². The summed E-state index contributed by atoms with van der Waals surface area (Å²) in [5.41, 5.74) is 27.3. The Hall–Kier alpha value is -12.1. The van der Waals surface area contributed by atoms with Crippen LogP contribution >= 0.6 is 0 Å². The molecule has 4 unspecified atom stereocenters. The van der Waals surface area contributed by atoms with Gasteiger partial charge < -0.3 is 28.7 Å². The van der Waals surface area contributed by atoms with Crippen molar-refractivity contribution in [3.8, 4) is 67.9 Å². The number of ether oxygens (including phenoxy) is 4. The van der Waals surface area contributed by atoms with Crippen molar-refractivity contribution in [3.05, 3.63) is 394 Å². The average molecular weight is 1460 g/mol. The first-order chi connectivity index (χ1) is 55.3.